The van der Waals surface area contributed by atoms with E-state index in [0.29, 0.717) is 49.7 Å². The maximum absolute atomic E-state index is 13.8. The maximum Gasteiger partial charge on any atom is 0.477 e. The molecule has 2 rings (SSSR count). The quantitative estimate of drug-likeness (QED) is 0.00889. The van der Waals surface area contributed by atoms with Crippen LogP contribution in [0.25, 0.3) is 0 Å². The molecule has 26 nitrogen and oxygen atoms in total. The fourth-order valence-corrected chi connectivity index (χ4v) is 15.1. The topological polar surface area (TPSA) is 345 Å². The van der Waals surface area contributed by atoms with Gasteiger partial charge in [-0.3, -0.25) is 49.8 Å². The molecule has 0 aromatic heterocycles. The molecule has 0 amide bonds. The number of rotatable bonds is 66. The van der Waals surface area contributed by atoms with E-state index in [1.54, 1.807) is 13.8 Å². The van der Waals surface area contributed by atoms with Crippen LogP contribution in [0.5, 0.6) is 0 Å². The zero-order chi connectivity index (χ0) is 71.6. The summed E-state index contributed by atoms with van der Waals surface area (Å²) in [6.07, 6.45) is 26.8. The molecule has 2 aliphatic carbocycles. The van der Waals surface area contributed by atoms with Crippen molar-refractivity contribution in [3.05, 3.63) is 0 Å². The van der Waals surface area contributed by atoms with Gasteiger partial charge >= 0.3 is 39.1 Å². The number of unbranched alkanes of at least 4 members (excludes halogenated alkanes) is 12. The molecule has 0 heterocycles. The fraction of sp³-hybridized carbons (Fsp3) is 1.00. The molecule has 10 unspecified atom stereocenters. The number of hydrogen-bond donors (Lipinski definition) is 10. The predicted octanol–water partition coefficient (Wildman–Crippen LogP) is 14.6. The number of aliphatic hydroxyl groups excluding tert-OH is 2. The van der Waals surface area contributed by atoms with Crippen molar-refractivity contribution in [1.29, 1.82) is 0 Å². The molecular weight excluding hydrogens is 1480 g/mol. The van der Waals surface area contributed by atoms with Gasteiger partial charge in [0.2, 0.25) is 0 Å². The molecular formula is C60H125FeO26P5S4. The molecule has 10 atom stereocenters. The van der Waals surface area contributed by atoms with Crippen LogP contribution in [0.2, 0.25) is 0 Å². The van der Waals surface area contributed by atoms with E-state index in [0.717, 1.165) is 127 Å². The maximum atomic E-state index is 13.8. The first kappa shape index (κ1) is 96.2. The van der Waals surface area contributed by atoms with Gasteiger partial charge in [0.15, 0.2) is 6.79 Å². The van der Waals surface area contributed by atoms with E-state index >= 15 is 0 Å². The van der Waals surface area contributed by atoms with Crippen molar-refractivity contribution < 1.29 is 140 Å². The second-order valence-electron chi connectivity index (χ2n) is 26.1. The minimum absolute atomic E-state index is 0. The standard InChI is InChI=1S/C55H115O26P5S4.C5H10.Fe/c1-52(38-57,39-67-28-15-5-9-19-34-87)43-73-82(58,59)74-44-53(2,40-68-29-16-6-10-20-35-88)45-75-83(60,61)76-46-54(3,41-69-30-17-7-11-21-36-89)47-77-84(62,63)78-48-55(4,42-70-31-18-8-12-22-37-90)49-79-85(64,65)80-50-81-86(66,72-33-27-56)71-32-23-26-51-24-13-14-25-51;1-2-4-5-3-1;/h51,56-57,87-90H,5-50H2,1-4H3,(H,58,59)(H,60,61)(H,62,63)(H,64,65);1-5H2;/i33T;;. The fourth-order valence-electron chi connectivity index (χ4n) is 9.38. The summed E-state index contributed by atoms with van der Waals surface area (Å²) in [4.78, 5) is 43.9. The van der Waals surface area contributed by atoms with Gasteiger partial charge in [-0.15, -0.1) is 0 Å². The van der Waals surface area contributed by atoms with Crippen LogP contribution in [0.1, 0.15) is 202 Å². The number of phosphoric acid groups is 5. The van der Waals surface area contributed by atoms with Crippen molar-refractivity contribution in [3.63, 3.8) is 0 Å². The third-order valence-corrected chi connectivity index (χ3v) is 21.7. The first-order chi connectivity index (χ1) is 45.5. The number of thiol groups is 4. The Morgan fingerprint density at radius 1 is 0.365 bits per heavy atom. The Kier molecular flexibility index (Phi) is 57.6. The molecule has 2 saturated carbocycles. The van der Waals surface area contributed by atoms with Gasteiger partial charge in [-0.2, -0.15) is 50.5 Å². The molecule has 0 aromatic carbocycles. The Labute approximate surface area is 609 Å². The number of hydrogen-bond acceptors (Lipinski definition) is 26. The van der Waals surface area contributed by atoms with Gasteiger partial charge in [0.05, 0.1) is 100 Å². The normalized spacial score (nSPS) is 20.0. The third-order valence-electron chi connectivity index (χ3n) is 15.4. The summed E-state index contributed by atoms with van der Waals surface area (Å²) in [7, 11) is -24.6. The Morgan fingerprint density at radius 3 is 0.958 bits per heavy atom. The zero-order valence-corrected chi connectivity index (χ0v) is 66.9. The second kappa shape index (κ2) is 57.4. The van der Waals surface area contributed by atoms with Crippen LogP contribution in [0.3, 0.4) is 0 Å². The van der Waals surface area contributed by atoms with Gasteiger partial charge in [0.25, 0.3) is 0 Å². The van der Waals surface area contributed by atoms with E-state index in [1.807, 2.05) is 0 Å². The first-order valence-corrected chi connectivity index (χ1v) is 43.9. The molecule has 0 saturated heterocycles. The zero-order valence-electron chi connectivity index (χ0n) is 58.7. The van der Waals surface area contributed by atoms with E-state index in [2.05, 4.69) is 50.5 Å². The molecule has 36 heteroatoms. The number of ether oxygens (including phenoxy) is 4. The van der Waals surface area contributed by atoms with E-state index in [9.17, 15) is 52.6 Å². The smallest absolute Gasteiger partial charge is 0.396 e. The van der Waals surface area contributed by atoms with Crippen molar-refractivity contribution in [2.24, 2.45) is 27.6 Å². The third kappa shape index (κ3) is 53.9. The first-order valence-electron chi connectivity index (χ1n) is 34.5. The summed E-state index contributed by atoms with van der Waals surface area (Å²) in [6, 6.07) is 0. The van der Waals surface area contributed by atoms with E-state index < -0.39 is 134 Å². The molecule has 96 heavy (non-hydrogen) atoms. The van der Waals surface area contributed by atoms with Gasteiger partial charge in [0.1, 0.15) is 0 Å². The summed E-state index contributed by atoms with van der Waals surface area (Å²) >= 11 is 17.0. The average Bonchev–Trinajstić information content (AvgIpc) is 1.26. The molecule has 0 radical (unpaired) electrons. The van der Waals surface area contributed by atoms with Crippen LogP contribution in [0, 0.1) is 27.6 Å². The monoisotopic (exact) mass is 1600 g/mol. The summed E-state index contributed by atoms with van der Waals surface area (Å²) in [6.45, 7) is -1.76. The van der Waals surface area contributed by atoms with Crippen molar-refractivity contribution in [2.75, 3.05) is 155 Å². The largest absolute Gasteiger partial charge is 0.477 e. The van der Waals surface area contributed by atoms with Gasteiger partial charge in [0, 0.05) is 65.2 Å². The minimum Gasteiger partial charge on any atom is -0.396 e. The Morgan fingerprint density at radius 2 is 0.656 bits per heavy atom. The van der Waals surface area contributed by atoms with Gasteiger partial charge in [-0.05, 0) is 93.1 Å². The van der Waals surface area contributed by atoms with Crippen LogP contribution in [0.4, 0.5) is 0 Å². The van der Waals surface area contributed by atoms with Crippen molar-refractivity contribution >= 4 is 89.6 Å². The Hall–Kier alpha value is 2.23. The average molecular weight is 1600 g/mol. The van der Waals surface area contributed by atoms with Crippen LogP contribution < -0.4 is 0 Å². The summed E-state index contributed by atoms with van der Waals surface area (Å²) < 4.78 is 157. The SMILES string of the molecule is C1CCCC1.[3H]C(CO)OP(=O)(OCCCC1CCCC1)OCOP(=O)(O)OCC(C)(COCCCCCCS)COP(=O)(O)OCC(C)(COCCCCCCS)COP(=O)(O)OCC(C)(COCCCCCCS)COP(=O)(O)OCC(C)(CO)COCCCCCCS.[Fe]. The summed E-state index contributed by atoms with van der Waals surface area (Å²) in [5.41, 5.74) is -5.32. The van der Waals surface area contributed by atoms with E-state index in [-0.39, 0.29) is 69.9 Å². The minimum atomic E-state index is -5.09. The molecule has 0 bridgehead atoms. The van der Waals surface area contributed by atoms with E-state index in [1.165, 1.54) is 46.0 Å². The molecule has 2 aliphatic rings. The van der Waals surface area contributed by atoms with Crippen LogP contribution in [-0.4, -0.2) is 185 Å². The molecule has 578 valence electrons. The summed E-state index contributed by atoms with van der Waals surface area (Å²) in [5, 5.41) is 19.5. The van der Waals surface area contributed by atoms with Crippen molar-refractivity contribution in [2.45, 2.75) is 201 Å². The number of phosphoric ester groups is 5. The predicted molar refractivity (Wildman–Crippen MR) is 381 cm³/mol. The van der Waals surface area contributed by atoms with Crippen molar-refractivity contribution in [3.8, 4) is 0 Å². The number of aliphatic hydroxyl groups is 2. The molecule has 0 aromatic rings. The second-order valence-corrected chi connectivity index (χ2v) is 35.3. The molecule has 2 fully saturated rings. The van der Waals surface area contributed by atoms with Crippen LogP contribution in [0.15, 0.2) is 0 Å². The van der Waals surface area contributed by atoms with Crippen LogP contribution >= 0.6 is 89.6 Å². The van der Waals surface area contributed by atoms with Crippen LogP contribution in [-0.2, 0) is 109 Å². The van der Waals surface area contributed by atoms with Gasteiger partial charge in [-0.1, -0.05) is 137 Å². The van der Waals surface area contributed by atoms with Gasteiger partial charge in [-0.25, -0.2) is 22.8 Å². The Balaban J connectivity index is 0.0000146. The molecule has 6 N–H and O–H groups in total. The van der Waals surface area contributed by atoms with Crippen molar-refractivity contribution in [1.82, 2.24) is 0 Å². The molecule has 0 aliphatic heterocycles. The molecule has 0 spiro atoms. The van der Waals surface area contributed by atoms with E-state index in [4.69, 9.17) is 70.1 Å². The summed E-state index contributed by atoms with van der Waals surface area (Å²) in [5.74, 6) is 3.47. The van der Waals surface area contributed by atoms with Gasteiger partial charge < -0.3 is 48.7 Å². The Bertz CT molecular complexity index is 2180.